The molecule has 3 aromatic rings. The number of morpholine rings is 1. The highest BCUT2D eigenvalue weighted by atomic mass is 32.2. The first-order valence-electron chi connectivity index (χ1n) is 11.3. The monoisotopic (exact) mass is 488 g/mol. The van der Waals surface area contributed by atoms with Crippen LogP contribution in [0.15, 0.2) is 41.4 Å². The molecule has 0 atom stereocenters. The summed E-state index contributed by atoms with van der Waals surface area (Å²) in [4.78, 5) is 21.6. The maximum absolute atomic E-state index is 13.1. The van der Waals surface area contributed by atoms with Gasteiger partial charge in [-0.05, 0) is 43.7 Å². The zero-order valence-electron chi connectivity index (χ0n) is 19.3. The van der Waals surface area contributed by atoms with Crippen LogP contribution in [-0.2, 0) is 32.6 Å². The van der Waals surface area contributed by atoms with Gasteiger partial charge in [0.1, 0.15) is 18.0 Å². The summed E-state index contributed by atoms with van der Waals surface area (Å²) in [6.07, 6.45) is 2.38. The van der Waals surface area contributed by atoms with Crippen LogP contribution < -0.4 is 4.74 Å². The number of aryl methyl sites for hydroxylation is 1. The molecule has 0 amide bonds. The Kier molecular flexibility index (Phi) is 7.44. The predicted octanol–water partition coefficient (Wildman–Crippen LogP) is 2.62. The first-order valence-corrected chi connectivity index (χ1v) is 12.7. The minimum absolute atomic E-state index is 0.0699. The summed E-state index contributed by atoms with van der Waals surface area (Å²) in [6.45, 7) is 6.20. The highest BCUT2D eigenvalue weighted by molar-refractivity contribution is 7.89. The zero-order valence-corrected chi connectivity index (χ0v) is 20.1. The largest absolute Gasteiger partial charge is 0.477 e. The molecule has 0 radical (unpaired) electrons. The van der Waals surface area contributed by atoms with Crippen LogP contribution in [0.1, 0.15) is 36.5 Å². The number of carbonyl (C=O) groups excluding carboxylic acids is 1. The number of carbonyl (C=O) groups is 1. The van der Waals surface area contributed by atoms with Crippen LogP contribution in [0.5, 0.6) is 5.88 Å². The second-order valence-corrected chi connectivity index (χ2v) is 9.65. The third-order valence-electron chi connectivity index (χ3n) is 5.46. The third kappa shape index (κ3) is 4.91. The van der Waals surface area contributed by atoms with Crippen LogP contribution in [0.3, 0.4) is 0 Å². The fourth-order valence-electron chi connectivity index (χ4n) is 3.85. The summed E-state index contributed by atoms with van der Waals surface area (Å²) in [6, 6.07) is 8.16. The van der Waals surface area contributed by atoms with Gasteiger partial charge in [0, 0.05) is 25.8 Å². The molecule has 34 heavy (non-hydrogen) atoms. The van der Waals surface area contributed by atoms with Crippen molar-refractivity contribution < 1.29 is 27.4 Å². The fourth-order valence-corrected chi connectivity index (χ4v) is 5.27. The van der Waals surface area contributed by atoms with Gasteiger partial charge < -0.3 is 18.8 Å². The molecule has 2 aromatic heterocycles. The number of benzene rings is 1. The van der Waals surface area contributed by atoms with Gasteiger partial charge in [-0.1, -0.05) is 6.92 Å². The van der Waals surface area contributed by atoms with Crippen LogP contribution in [-0.4, -0.2) is 66.1 Å². The maximum atomic E-state index is 13.1. The Bertz CT molecular complexity index is 1270. The number of sulfonamides is 1. The molecule has 182 valence electrons. The SMILES string of the molecule is CCCn1c(COC(=O)c2cccnc2OCC)nc2cc(S(=O)(=O)N3CCOCC3)ccc21. The number of aromatic nitrogens is 3. The summed E-state index contributed by atoms with van der Waals surface area (Å²) in [5.74, 6) is 0.185. The summed E-state index contributed by atoms with van der Waals surface area (Å²) in [5.41, 5.74) is 1.55. The van der Waals surface area contributed by atoms with E-state index in [4.69, 9.17) is 14.2 Å². The van der Waals surface area contributed by atoms with Crippen LogP contribution in [0, 0.1) is 0 Å². The number of hydrogen-bond acceptors (Lipinski definition) is 8. The van der Waals surface area contributed by atoms with Crippen LogP contribution in [0.4, 0.5) is 0 Å². The highest BCUT2D eigenvalue weighted by Crippen LogP contribution is 2.25. The van der Waals surface area contributed by atoms with E-state index in [1.54, 1.807) is 36.5 Å². The number of hydrogen-bond donors (Lipinski definition) is 0. The van der Waals surface area contributed by atoms with Crippen molar-refractivity contribution in [3.63, 3.8) is 0 Å². The third-order valence-corrected chi connectivity index (χ3v) is 7.35. The Balaban J connectivity index is 1.60. The van der Waals surface area contributed by atoms with Gasteiger partial charge in [0.05, 0.1) is 35.7 Å². The van der Waals surface area contributed by atoms with E-state index in [0.717, 1.165) is 11.9 Å². The van der Waals surface area contributed by atoms with Crippen molar-refractivity contribution in [2.45, 2.75) is 38.3 Å². The molecule has 10 nitrogen and oxygen atoms in total. The number of ether oxygens (including phenoxy) is 3. The van der Waals surface area contributed by atoms with Gasteiger partial charge in [0.2, 0.25) is 15.9 Å². The van der Waals surface area contributed by atoms with Gasteiger partial charge in [-0.3, -0.25) is 0 Å². The van der Waals surface area contributed by atoms with Gasteiger partial charge in [-0.25, -0.2) is 23.2 Å². The lowest BCUT2D eigenvalue weighted by atomic mass is 10.3. The summed E-state index contributed by atoms with van der Waals surface area (Å²) < 4.78 is 45.7. The minimum Gasteiger partial charge on any atom is -0.477 e. The van der Waals surface area contributed by atoms with Crippen molar-refractivity contribution in [3.8, 4) is 5.88 Å². The Morgan fingerprint density at radius 1 is 1.18 bits per heavy atom. The summed E-state index contributed by atoms with van der Waals surface area (Å²) in [5, 5.41) is 0. The van der Waals surface area contributed by atoms with E-state index in [-0.39, 0.29) is 22.9 Å². The molecule has 4 rings (SSSR count). The van der Waals surface area contributed by atoms with Crippen molar-refractivity contribution in [2.24, 2.45) is 0 Å². The number of esters is 1. The summed E-state index contributed by atoms with van der Waals surface area (Å²) in [7, 11) is -3.64. The zero-order chi connectivity index (χ0) is 24.1. The van der Waals surface area contributed by atoms with Gasteiger partial charge >= 0.3 is 5.97 Å². The van der Waals surface area contributed by atoms with Gasteiger partial charge in [0.25, 0.3) is 0 Å². The standard InChI is InChI=1S/C23H28N4O6S/c1-3-10-27-20-8-7-17(34(29,30)26-11-13-31-14-12-26)15-19(20)25-21(27)16-33-23(28)18-6-5-9-24-22(18)32-4-2/h5-9,15H,3-4,10-14,16H2,1-2H3. The number of nitrogens with zero attached hydrogens (tertiary/aromatic N) is 4. The summed E-state index contributed by atoms with van der Waals surface area (Å²) >= 11 is 0. The predicted molar refractivity (Wildman–Crippen MR) is 124 cm³/mol. The molecule has 0 spiro atoms. The quantitative estimate of drug-likeness (QED) is 0.423. The Hall–Kier alpha value is -3.02. The lowest BCUT2D eigenvalue weighted by Crippen LogP contribution is -2.40. The number of imidazole rings is 1. The van der Waals surface area contributed by atoms with E-state index in [0.29, 0.717) is 50.8 Å². The average Bonchev–Trinajstić information content (AvgIpc) is 3.20. The van der Waals surface area contributed by atoms with Crippen LogP contribution in [0.25, 0.3) is 11.0 Å². The molecule has 1 saturated heterocycles. The molecule has 11 heteroatoms. The highest BCUT2D eigenvalue weighted by Gasteiger charge is 2.27. The molecule has 3 heterocycles. The first-order chi connectivity index (χ1) is 16.5. The lowest BCUT2D eigenvalue weighted by molar-refractivity contribution is 0.0453. The van der Waals surface area contributed by atoms with Gasteiger partial charge in [-0.2, -0.15) is 4.31 Å². The van der Waals surface area contributed by atoms with Crippen molar-refractivity contribution in [1.29, 1.82) is 0 Å². The molecule has 0 aliphatic carbocycles. The Labute approximate surface area is 198 Å². The van der Waals surface area contributed by atoms with Gasteiger partial charge in [-0.15, -0.1) is 0 Å². The molecule has 0 N–H and O–H groups in total. The molecular weight excluding hydrogens is 460 g/mol. The Morgan fingerprint density at radius 2 is 1.97 bits per heavy atom. The molecule has 0 bridgehead atoms. The number of rotatable bonds is 9. The van der Waals surface area contributed by atoms with E-state index in [1.807, 2.05) is 18.4 Å². The van der Waals surface area contributed by atoms with E-state index < -0.39 is 16.0 Å². The molecule has 0 saturated carbocycles. The van der Waals surface area contributed by atoms with Crippen molar-refractivity contribution in [2.75, 3.05) is 32.9 Å². The minimum atomic E-state index is -3.64. The lowest BCUT2D eigenvalue weighted by Gasteiger charge is -2.26. The van der Waals surface area contributed by atoms with Crippen LogP contribution >= 0.6 is 0 Å². The van der Waals surface area contributed by atoms with E-state index in [1.165, 1.54) is 4.31 Å². The van der Waals surface area contributed by atoms with Crippen LogP contribution in [0.2, 0.25) is 0 Å². The van der Waals surface area contributed by atoms with Crippen molar-refractivity contribution in [3.05, 3.63) is 47.9 Å². The topological polar surface area (TPSA) is 113 Å². The second-order valence-electron chi connectivity index (χ2n) is 7.71. The molecule has 1 aliphatic rings. The van der Waals surface area contributed by atoms with E-state index in [9.17, 15) is 13.2 Å². The smallest absolute Gasteiger partial charge is 0.344 e. The van der Waals surface area contributed by atoms with E-state index in [2.05, 4.69) is 9.97 Å². The molecule has 1 fully saturated rings. The average molecular weight is 489 g/mol. The molecular formula is C23H28N4O6S. The molecule has 0 unspecified atom stereocenters. The maximum Gasteiger partial charge on any atom is 0.344 e. The molecule has 1 aromatic carbocycles. The van der Waals surface area contributed by atoms with Crippen molar-refractivity contribution >= 4 is 27.0 Å². The number of pyridine rings is 1. The second kappa shape index (κ2) is 10.5. The fraction of sp³-hybridized carbons (Fsp3) is 0.435. The first kappa shape index (κ1) is 24.1. The normalized spacial score (nSPS) is 14.9. The van der Waals surface area contributed by atoms with Crippen molar-refractivity contribution in [1.82, 2.24) is 18.8 Å². The van der Waals surface area contributed by atoms with E-state index >= 15 is 0 Å². The Morgan fingerprint density at radius 3 is 2.71 bits per heavy atom. The molecule has 1 aliphatic heterocycles. The number of fused-ring (bicyclic) bond motifs is 1. The van der Waals surface area contributed by atoms with Gasteiger partial charge in [0.15, 0.2) is 0 Å².